The Morgan fingerprint density at radius 2 is 2.11 bits per heavy atom. The lowest BCUT2D eigenvalue weighted by Crippen LogP contribution is -1.89. The summed E-state index contributed by atoms with van der Waals surface area (Å²) in [6.45, 7) is 0. The number of pyridine rings is 1. The molecule has 0 aliphatic rings. The molecule has 0 amide bonds. The van der Waals surface area contributed by atoms with E-state index >= 15 is 0 Å². The van der Waals surface area contributed by atoms with E-state index in [2.05, 4.69) is 4.98 Å². The number of fused-ring (bicyclic) bond motifs is 1. The summed E-state index contributed by atoms with van der Waals surface area (Å²) in [6, 6.07) is 11.4. The average Bonchev–Trinajstić information content (AvgIpc) is 2.80. The Labute approximate surface area is 110 Å². The van der Waals surface area contributed by atoms with Crippen molar-refractivity contribution < 1.29 is 9.84 Å². The first kappa shape index (κ1) is 11.6. The smallest absolute Gasteiger partial charge is 0.137 e. The van der Waals surface area contributed by atoms with E-state index in [-0.39, 0.29) is 5.75 Å². The number of imidazole rings is 1. The Morgan fingerprint density at radius 1 is 1.21 bits per heavy atom. The highest BCUT2D eigenvalue weighted by Crippen LogP contribution is 2.17. The highest BCUT2D eigenvalue weighted by molar-refractivity contribution is 5.43. The number of methoxy groups -OCH3 is 1. The predicted octanol–water partition coefficient (Wildman–Crippen LogP) is 2.64. The van der Waals surface area contributed by atoms with Crippen LogP contribution in [0.2, 0.25) is 0 Å². The van der Waals surface area contributed by atoms with Crippen molar-refractivity contribution in [1.82, 2.24) is 9.38 Å². The molecule has 96 valence electrons. The highest BCUT2D eigenvalue weighted by atomic mass is 16.5. The first-order chi connectivity index (χ1) is 9.24. The summed E-state index contributed by atoms with van der Waals surface area (Å²) in [7, 11) is 1.66. The maximum atomic E-state index is 9.43. The molecule has 0 spiro atoms. The van der Waals surface area contributed by atoms with Crippen LogP contribution in [-0.2, 0) is 6.42 Å². The van der Waals surface area contributed by atoms with Crippen molar-refractivity contribution in [2.24, 2.45) is 0 Å². The minimum Gasteiger partial charge on any atom is -0.506 e. The summed E-state index contributed by atoms with van der Waals surface area (Å²) in [6.07, 6.45) is 4.31. The molecule has 2 aromatic heterocycles. The van der Waals surface area contributed by atoms with Gasteiger partial charge in [0.25, 0.3) is 0 Å². The molecule has 3 aromatic rings. The molecule has 0 radical (unpaired) electrons. The van der Waals surface area contributed by atoms with Crippen LogP contribution < -0.4 is 4.74 Å². The van der Waals surface area contributed by atoms with Gasteiger partial charge in [-0.1, -0.05) is 12.1 Å². The molecule has 4 heteroatoms. The Balaban J connectivity index is 1.92. The quantitative estimate of drug-likeness (QED) is 0.781. The van der Waals surface area contributed by atoms with Gasteiger partial charge in [-0.2, -0.15) is 0 Å². The van der Waals surface area contributed by atoms with Crippen molar-refractivity contribution in [2.45, 2.75) is 6.42 Å². The molecular weight excluding hydrogens is 240 g/mol. The first-order valence-corrected chi connectivity index (χ1v) is 6.04. The van der Waals surface area contributed by atoms with Gasteiger partial charge in [0.05, 0.1) is 19.0 Å². The van der Waals surface area contributed by atoms with Crippen molar-refractivity contribution in [3.8, 4) is 11.5 Å². The summed E-state index contributed by atoms with van der Waals surface area (Å²) < 4.78 is 7.03. The van der Waals surface area contributed by atoms with Gasteiger partial charge in [0, 0.05) is 12.6 Å². The number of aromatic nitrogens is 2. The zero-order chi connectivity index (χ0) is 13.2. The Morgan fingerprint density at radius 3 is 2.95 bits per heavy atom. The standard InChI is InChI=1S/C15H14N2O2/c1-19-14-4-2-3-11(8-14)7-12-9-17-10-13(18)5-6-15(17)16-12/h2-6,8-10,18H,7H2,1H3. The van der Waals surface area contributed by atoms with Gasteiger partial charge in [0.2, 0.25) is 0 Å². The van der Waals surface area contributed by atoms with E-state index in [0.29, 0.717) is 0 Å². The largest absolute Gasteiger partial charge is 0.506 e. The molecule has 0 saturated heterocycles. The maximum absolute atomic E-state index is 9.43. The summed E-state index contributed by atoms with van der Waals surface area (Å²) in [4.78, 5) is 4.52. The van der Waals surface area contributed by atoms with Gasteiger partial charge in [-0.05, 0) is 29.8 Å². The van der Waals surface area contributed by atoms with Crippen LogP contribution >= 0.6 is 0 Å². The Bertz CT molecular complexity index is 719. The van der Waals surface area contributed by atoms with Crippen molar-refractivity contribution in [1.29, 1.82) is 0 Å². The van der Waals surface area contributed by atoms with E-state index in [1.165, 1.54) is 0 Å². The normalized spacial score (nSPS) is 10.8. The molecule has 19 heavy (non-hydrogen) atoms. The minimum atomic E-state index is 0.234. The molecule has 0 aliphatic carbocycles. The molecule has 3 rings (SSSR count). The number of hydrogen-bond acceptors (Lipinski definition) is 3. The molecule has 0 unspecified atom stereocenters. The Hall–Kier alpha value is -2.49. The second-order valence-corrected chi connectivity index (χ2v) is 4.41. The number of benzene rings is 1. The van der Waals surface area contributed by atoms with Gasteiger partial charge in [-0.25, -0.2) is 4.98 Å². The van der Waals surface area contributed by atoms with Crippen molar-refractivity contribution in [3.05, 3.63) is 60.0 Å². The molecule has 0 bridgehead atoms. The van der Waals surface area contributed by atoms with Gasteiger partial charge >= 0.3 is 0 Å². The summed E-state index contributed by atoms with van der Waals surface area (Å²) in [5.74, 6) is 1.08. The number of ether oxygens (including phenoxy) is 1. The molecule has 2 heterocycles. The SMILES string of the molecule is COc1cccc(Cc2cn3cc(O)ccc3n2)c1. The Kier molecular flexibility index (Phi) is 2.83. The third kappa shape index (κ3) is 2.38. The van der Waals surface area contributed by atoms with Crippen LogP contribution in [0.1, 0.15) is 11.3 Å². The van der Waals surface area contributed by atoms with Crippen LogP contribution in [0.25, 0.3) is 5.65 Å². The van der Waals surface area contributed by atoms with E-state index in [4.69, 9.17) is 4.74 Å². The molecule has 1 aromatic carbocycles. The molecule has 0 saturated carbocycles. The fourth-order valence-corrected chi connectivity index (χ4v) is 2.11. The second-order valence-electron chi connectivity index (χ2n) is 4.41. The first-order valence-electron chi connectivity index (χ1n) is 6.04. The topological polar surface area (TPSA) is 46.8 Å². The molecular formula is C15H14N2O2. The minimum absolute atomic E-state index is 0.234. The lowest BCUT2D eigenvalue weighted by molar-refractivity contribution is 0.414. The zero-order valence-electron chi connectivity index (χ0n) is 10.6. The molecule has 0 fully saturated rings. The van der Waals surface area contributed by atoms with Gasteiger partial charge in [-0.15, -0.1) is 0 Å². The van der Waals surface area contributed by atoms with E-state index < -0.39 is 0 Å². The van der Waals surface area contributed by atoms with Crippen LogP contribution in [-0.4, -0.2) is 21.6 Å². The predicted molar refractivity (Wildman–Crippen MR) is 72.7 cm³/mol. The van der Waals surface area contributed by atoms with Gasteiger partial charge in [-0.3, -0.25) is 0 Å². The lowest BCUT2D eigenvalue weighted by Gasteiger charge is -2.02. The number of aromatic hydroxyl groups is 1. The van der Waals surface area contributed by atoms with Crippen molar-refractivity contribution in [3.63, 3.8) is 0 Å². The van der Waals surface area contributed by atoms with E-state index in [1.54, 1.807) is 25.4 Å². The highest BCUT2D eigenvalue weighted by Gasteiger charge is 2.04. The van der Waals surface area contributed by atoms with Crippen molar-refractivity contribution in [2.75, 3.05) is 7.11 Å². The molecule has 1 N–H and O–H groups in total. The van der Waals surface area contributed by atoms with Gasteiger partial charge in [0.1, 0.15) is 17.1 Å². The maximum Gasteiger partial charge on any atom is 0.137 e. The molecule has 0 atom stereocenters. The number of nitrogens with zero attached hydrogens (tertiary/aromatic N) is 2. The van der Waals surface area contributed by atoms with Crippen molar-refractivity contribution >= 4 is 5.65 Å². The van der Waals surface area contributed by atoms with Crippen LogP contribution in [0.3, 0.4) is 0 Å². The van der Waals surface area contributed by atoms with Crippen LogP contribution in [0.4, 0.5) is 0 Å². The summed E-state index contributed by atoms with van der Waals surface area (Å²) >= 11 is 0. The number of hydrogen-bond donors (Lipinski definition) is 1. The van der Waals surface area contributed by atoms with Crippen LogP contribution in [0, 0.1) is 0 Å². The summed E-state index contributed by atoms with van der Waals surface area (Å²) in [5.41, 5.74) is 2.93. The third-order valence-corrected chi connectivity index (χ3v) is 3.00. The fraction of sp³-hybridized carbons (Fsp3) is 0.133. The van der Waals surface area contributed by atoms with E-state index in [1.807, 2.05) is 34.9 Å². The van der Waals surface area contributed by atoms with Crippen LogP contribution in [0.5, 0.6) is 11.5 Å². The molecule has 4 nitrogen and oxygen atoms in total. The fourth-order valence-electron chi connectivity index (χ4n) is 2.11. The third-order valence-electron chi connectivity index (χ3n) is 3.00. The van der Waals surface area contributed by atoms with Crippen LogP contribution in [0.15, 0.2) is 48.8 Å². The average molecular weight is 254 g/mol. The summed E-state index contributed by atoms with van der Waals surface area (Å²) in [5, 5.41) is 9.43. The molecule has 0 aliphatic heterocycles. The number of rotatable bonds is 3. The van der Waals surface area contributed by atoms with Gasteiger partial charge in [0.15, 0.2) is 0 Å². The lowest BCUT2D eigenvalue weighted by atomic mass is 10.1. The van der Waals surface area contributed by atoms with E-state index in [0.717, 1.165) is 29.1 Å². The zero-order valence-corrected chi connectivity index (χ0v) is 10.6. The van der Waals surface area contributed by atoms with Gasteiger partial charge < -0.3 is 14.2 Å². The monoisotopic (exact) mass is 254 g/mol. The second kappa shape index (κ2) is 4.65. The van der Waals surface area contributed by atoms with E-state index in [9.17, 15) is 5.11 Å².